The van der Waals surface area contributed by atoms with Gasteiger partial charge in [0.15, 0.2) is 0 Å². The highest BCUT2D eigenvalue weighted by Crippen LogP contribution is 2.10. The fourth-order valence-electron chi connectivity index (χ4n) is 1.04. The molecule has 0 amide bonds. The van der Waals surface area contributed by atoms with Crippen LogP contribution in [0.1, 0.15) is 19.4 Å². The molecule has 14 heavy (non-hydrogen) atoms. The van der Waals surface area contributed by atoms with Gasteiger partial charge in [0.1, 0.15) is 5.75 Å². The third kappa shape index (κ3) is 3.77. The zero-order valence-corrected chi connectivity index (χ0v) is 8.91. The maximum atomic E-state index is 5.22. The van der Waals surface area contributed by atoms with Crippen LogP contribution in [-0.4, -0.2) is 13.2 Å². The molecule has 0 atom stereocenters. The molecule has 0 heterocycles. The lowest BCUT2D eigenvalue weighted by atomic mass is 10.2. The van der Waals surface area contributed by atoms with E-state index in [0.29, 0.717) is 6.54 Å². The SMILES string of the molecule is COc1ccc(CNOC(C)C)cc1. The van der Waals surface area contributed by atoms with Crippen molar-refractivity contribution in [1.82, 2.24) is 5.48 Å². The van der Waals surface area contributed by atoms with Crippen LogP contribution in [0.3, 0.4) is 0 Å². The smallest absolute Gasteiger partial charge is 0.118 e. The summed E-state index contributed by atoms with van der Waals surface area (Å²) in [7, 11) is 1.66. The quantitative estimate of drug-likeness (QED) is 0.730. The lowest BCUT2D eigenvalue weighted by Gasteiger charge is -2.08. The molecule has 3 heteroatoms. The third-order valence-electron chi connectivity index (χ3n) is 1.75. The lowest BCUT2D eigenvalue weighted by molar-refractivity contribution is -0.00884. The van der Waals surface area contributed by atoms with Crippen LogP contribution in [0.2, 0.25) is 0 Å². The summed E-state index contributed by atoms with van der Waals surface area (Å²) in [6.45, 7) is 4.68. The van der Waals surface area contributed by atoms with Gasteiger partial charge in [-0.1, -0.05) is 12.1 Å². The number of ether oxygens (including phenoxy) is 1. The first-order valence-electron chi connectivity index (χ1n) is 4.74. The minimum absolute atomic E-state index is 0.202. The predicted octanol–water partition coefficient (Wildman–Crippen LogP) is 2.12. The van der Waals surface area contributed by atoms with Gasteiger partial charge in [-0.2, -0.15) is 5.48 Å². The fourth-order valence-corrected chi connectivity index (χ4v) is 1.04. The number of benzene rings is 1. The molecule has 3 nitrogen and oxygen atoms in total. The first-order chi connectivity index (χ1) is 6.72. The van der Waals surface area contributed by atoms with E-state index in [1.165, 1.54) is 5.56 Å². The molecule has 1 aromatic rings. The number of rotatable bonds is 5. The van der Waals surface area contributed by atoms with Crippen LogP contribution in [-0.2, 0) is 11.4 Å². The van der Waals surface area contributed by atoms with Crippen molar-refractivity contribution in [2.75, 3.05) is 7.11 Å². The number of nitrogens with one attached hydrogen (secondary N) is 1. The van der Waals surface area contributed by atoms with Crippen LogP contribution in [0.25, 0.3) is 0 Å². The Labute approximate surface area is 85.0 Å². The van der Waals surface area contributed by atoms with Crippen molar-refractivity contribution in [1.29, 1.82) is 0 Å². The van der Waals surface area contributed by atoms with Gasteiger partial charge in [-0.25, -0.2) is 0 Å². The highest BCUT2D eigenvalue weighted by atomic mass is 16.7. The summed E-state index contributed by atoms with van der Waals surface area (Å²) in [6.07, 6.45) is 0.202. The van der Waals surface area contributed by atoms with Crippen molar-refractivity contribution in [3.05, 3.63) is 29.8 Å². The number of methoxy groups -OCH3 is 1. The van der Waals surface area contributed by atoms with E-state index in [-0.39, 0.29) is 6.10 Å². The van der Waals surface area contributed by atoms with Crippen LogP contribution >= 0.6 is 0 Å². The van der Waals surface area contributed by atoms with E-state index in [2.05, 4.69) is 5.48 Å². The maximum absolute atomic E-state index is 5.22. The number of hydroxylamine groups is 1. The minimum Gasteiger partial charge on any atom is -0.497 e. The molecule has 0 radical (unpaired) electrons. The molecule has 0 aliphatic rings. The summed E-state index contributed by atoms with van der Waals surface area (Å²) in [4.78, 5) is 5.22. The van der Waals surface area contributed by atoms with Gasteiger partial charge in [0.05, 0.1) is 13.2 Å². The molecule has 1 rings (SSSR count). The average Bonchev–Trinajstić information content (AvgIpc) is 2.18. The van der Waals surface area contributed by atoms with Gasteiger partial charge < -0.3 is 4.74 Å². The van der Waals surface area contributed by atoms with Crippen molar-refractivity contribution in [2.45, 2.75) is 26.5 Å². The summed E-state index contributed by atoms with van der Waals surface area (Å²) < 4.78 is 5.06. The Kier molecular flexibility index (Phi) is 4.43. The van der Waals surface area contributed by atoms with Gasteiger partial charge in [-0.05, 0) is 31.5 Å². The van der Waals surface area contributed by atoms with E-state index in [1.54, 1.807) is 7.11 Å². The fraction of sp³-hybridized carbons (Fsp3) is 0.455. The Hall–Kier alpha value is -1.06. The van der Waals surface area contributed by atoms with E-state index >= 15 is 0 Å². The first-order valence-corrected chi connectivity index (χ1v) is 4.74. The summed E-state index contributed by atoms with van der Waals surface area (Å²) in [5.74, 6) is 0.874. The van der Waals surface area contributed by atoms with Crippen LogP contribution in [0, 0.1) is 0 Å². The second-order valence-electron chi connectivity index (χ2n) is 3.34. The normalized spacial score (nSPS) is 10.6. The monoisotopic (exact) mass is 195 g/mol. The second-order valence-corrected chi connectivity index (χ2v) is 3.34. The van der Waals surface area contributed by atoms with Crippen molar-refractivity contribution in [2.24, 2.45) is 0 Å². The Balaban J connectivity index is 2.36. The van der Waals surface area contributed by atoms with Gasteiger partial charge >= 0.3 is 0 Å². The van der Waals surface area contributed by atoms with Gasteiger partial charge in [0.25, 0.3) is 0 Å². The predicted molar refractivity (Wildman–Crippen MR) is 56.1 cm³/mol. The Morgan fingerprint density at radius 2 is 1.86 bits per heavy atom. The molecule has 0 aromatic heterocycles. The van der Waals surface area contributed by atoms with Crippen LogP contribution in [0.4, 0.5) is 0 Å². The van der Waals surface area contributed by atoms with E-state index < -0.39 is 0 Å². The van der Waals surface area contributed by atoms with Crippen molar-refractivity contribution >= 4 is 0 Å². The molecule has 0 aliphatic carbocycles. The highest BCUT2D eigenvalue weighted by Gasteiger charge is 1.95. The van der Waals surface area contributed by atoms with E-state index in [9.17, 15) is 0 Å². The first kappa shape index (κ1) is 11.0. The van der Waals surface area contributed by atoms with E-state index in [4.69, 9.17) is 9.57 Å². The summed E-state index contributed by atoms with van der Waals surface area (Å²) in [5.41, 5.74) is 4.07. The Morgan fingerprint density at radius 3 is 2.36 bits per heavy atom. The molecule has 0 saturated heterocycles. The third-order valence-corrected chi connectivity index (χ3v) is 1.75. The molecule has 0 spiro atoms. The van der Waals surface area contributed by atoms with E-state index in [0.717, 1.165) is 5.75 Å². The molecule has 0 fully saturated rings. The second kappa shape index (κ2) is 5.62. The Bertz CT molecular complexity index is 256. The highest BCUT2D eigenvalue weighted by molar-refractivity contribution is 5.26. The summed E-state index contributed by atoms with van der Waals surface area (Å²) in [5, 5.41) is 0. The van der Waals surface area contributed by atoms with Crippen molar-refractivity contribution < 1.29 is 9.57 Å². The van der Waals surface area contributed by atoms with Crippen LogP contribution in [0.5, 0.6) is 5.75 Å². The molecule has 1 N–H and O–H groups in total. The zero-order chi connectivity index (χ0) is 10.4. The van der Waals surface area contributed by atoms with E-state index in [1.807, 2.05) is 38.1 Å². The molecule has 1 aromatic carbocycles. The zero-order valence-electron chi connectivity index (χ0n) is 8.91. The standard InChI is InChI=1S/C11H17NO2/c1-9(2)14-12-8-10-4-6-11(13-3)7-5-10/h4-7,9,12H,8H2,1-3H3. The molecule has 0 bridgehead atoms. The van der Waals surface area contributed by atoms with Crippen molar-refractivity contribution in [3.63, 3.8) is 0 Å². The molecule has 78 valence electrons. The Morgan fingerprint density at radius 1 is 1.21 bits per heavy atom. The summed E-state index contributed by atoms with van der Waals surface area (Å²) in [6, 6.07) is 7.89. The molecule has 0 unspecified atom stereocenters. The maximum Gasteiger partial charge on any atom is 0.118 e. The number of hydrogen-bond acceptors (Lipinski definition) is 3. The average molecular weight is 195 g/mol. The minimum atomic E-state index is 0.202. The topological polar surface area (TPSA) is 30.5 Å². The van der Waals surface area contributed by atoms with Gasteiger partial charge in [0.2, 0.25) is 0 Å². The number of hydrogen-bond donors (Lipinski definition) is 1. The van der Waals surface area contributed by atoms with Crippen molar-refractivity contribution in [3.8, 4) is 5.75 Å². The molecule has 0 saturated carbocycles. The molecular formula is C11H17NO2. The molecular weight excluding hydrogens is 178 g/mol. The van der Waals surface area contributed by atoms with Gasteiger partial charge in [0, 0.05) is 6.54 Å². The van der Waals surface area contributed by atoms with Gasteiger partial charge in [-0.3, -0.25) is 4.84 Å². The van der Waals surface area contributed by atoms with Crippen LogP contribution < -0.4 is 10.2 Å². The van der Waals surface area contributed by atoms with Crippen LogP contribution in [0.15, 0.2) is 24.3 Å². The summed E-state index contributed by atoms with van der Waals surface area (Å²) >= 11 is 0. The largest absolute Gasteiger partial charge is 0.497 e. The van der Waals surface area contributed by atoms with Gasteiger partial charge in [-0.15, -0.1) is 0 Å². The molecule has 0 aliphatic heterocycles. The lowest BCUT2D eigenvalue weighted by Crippen LogP contribution is -2.18.